The maximum absolute atomic E-state index is 13.0. The van der Waals surface area contributed by atoms with Gasteiger partial charge in [-0.05, 0) is 17.7 Å². The van der Waals surface area contributed by atoms with E-state index >= 15 is 0 Å². The fraction of sp³-hybridized carbons (Fsp3) is 0.214. The van der Waals surface area contributed by atoms with Crippen molar-refractivity contribution in [1.29, 1.82) is 5.26 Å². The molecule has 0 aromatic heterocycles. The molecule has 2 rings (SSSR count). The van der Waals surface area contributed by atoms with E-state index in [0.717, 1.165) is 11.8 Å². The van der Waals surface area contributed by atoms with Crippen molar-refractivity contribution in [3.63, 3.8) is 0 Å². The van der Waals surface area contributed by atoms with E-state index in [4.69, 9.17) is 5.73 Å². The minimum atomic E-state index is -0.539. The molecular weight excluding hydrogens is 293 g/mol. The zero-order valence-corrected chi connectivity index (χ0v) is 11.7. The van der Waals surface area contributed by atoms with Gasteiger partial charge >= 0.3 is 0 Å². The standard InChI is InChI=1S/C14H12FN3O2S/c15-9-3-1-8(2-4-9)10-5-13(20)18-14(11(10)6-16)21-7-12(17)19/h1-4,10H,5,7H2,(H2,17,19)(H,18,20)/t10-/m1/s1. The molecule has 5 nitrogen and oxygen atoms in total. The van der Waals surface area contributed by atoms with Crippen molar-refractivity contribution in [3.8, 4) is 6.07 Å². The third kappa shape index (κ3) is 3.61. The fourth-order valence-corrected chi connectivity index (χ4v) is 2.87. The molecule has 0 unspecified atom stereocenters. The molecule has 1 aliphatic rings. The Morgan fingerprint density at radius 2 is 2.14 bits per heavy atom. The average Bonchev–Trinajstić information content (AvgIpc) is 2.45. The van der Waals surface area contributed by atoms with Gasteiger partial charge in [0.15, 0.2) is 0 Å². The van der Waals surface area contributed by atoms with Gasteiger partial charge in [0.2, 0.25) is 11.8 Å². The van der Waals surface area contributed by atoms with E-state index in [1.165, 1.54) is 12.1 Å². The number of nitriles is 1. The third-order valence-electron chi connectivity index (χ3n) is 2.99. The molecule has 21 heavy (non-hydrogen) atoms. The van der Waals surface area contributed by atoms with E-state index in [-0.39, 0.29) is 23.9 Å². The number of allylic oxidation sites excluding steroid dienone is 1. The maximum Gasteiger partial charge on any atom is 0.227 e. The third-order valence-corrected chi connectivity index (χ3v) is 4.03. The van der Waals surface area contributed by atoms with Crippen LogP contribution in [0.2, 0.25) is 0 Å². The number of carbonyl (C=O) groups is 2. The molecule has 0 saturated heterocycles. The van der Waals surface area contributed by atoms with Gasteiger partial charge in [0.1, 0.15) is 5.82 Å². The predicted molar refractivity (Wildman–Crippen MR) is 76.2 cm³/mol. The summed E-state index contributed by atoms with van der Waals surface area (Å²) in [5.74, 6) is -1.65. The summed E-state index contributed by atoms with van der Waals surface area (Å²) in [7, 11) is 0. The average molecular weight is 305 g/mol. The summed E-state index contributed by atoms with van der Waals surface area (Å²) in [6, 6.07) is 7.73. The summed E-state index contributed by atoms with van der Waals surface area (Å²) in [6.07, 6.45) is 0.106. The number of nitrogens with one attached hydrogen (secondary N) is 1. The van der Waals surface area contributed by atoms with Gasteiger partial charge in [-0.15, -0.1) is 0 Å². The zero-order chi connectivity index (χ0) is 15.4. The number of hydrogen-bond donors (Lipinski definition) is 2. The molecule has 0 bridgehead atoms. The molecular formula is C14H12FN3O2S. The number of nitrogens with zero attached hydrogens (tertiary/aromatic N) is 1. The predicted octanol–water partition coefficient (Wildman–Crippen LogP) is 1.38. The van der Waals surface area contributed by atoms with Crippen LogP contribution in [-0.2, 0) is 9.59 Å². The highest BCUT2D eigenvalue weighted by Crippen LogP contribution is 2.35. The molecule has 7 heteroatoms. The van der Waals surface area contributed by atoms with E-state index in [0.29, 0.717) is 16.2 Å². The molecule has 0 aliphatic carbocycles. The monoisotopic (exact) mass is 305 g/mol. The summed E-state index contributed by atoms with van der Waals surface area (Å²) < 4.78 is 13.0. The number of halogens is 1. The van der Waals surface area contributed by atoms with Crippen LogP contribution in [0.3, 0.4) is 0 Å². The largest absolute Gasteiger partial charge is 0.369 e. The highest BCUT2D eigenvalue weighted by molar-refractivity contribution is 8.03. The Labute approximate surface area is 125 Å². The Morgan fingerprint density at radius 3 is 2.71 bits per heavy atom. The van der Waals surface area contributed by atoms with Gasteiger partial charge in [-0.3, -0.25) is 9.59 Å². The highest BCUT2D eigenvalue weighted by atomic mass is 32.2. The number of nitrogens with two attached hydrogens (primary N) is 1. The summed E-state index contributed by atoms with van der Waals surface area (Å²) in [6.45, 7) is 0. The summed E-state index contributed by atoms with van der Waals surface area (Å²) in [5.41, 5.74) is 6.11. The van der Waals surface area contributed by atoms with Gasteiger partial charge in [0.25, 0.3) is 0 Å². The topological polar surface area (TPSA) is 96.0 Å². The number of rotatable bonds is 4. The second-order valence-electron chi connectivity index (χ2n) is 4.47. The summed E-state index contributed by atoms with van der Waals surface area (Å²) >= 11 is 1.02. The minimum absolute atomic E-state index is 0.0308. The Morgan fingerprint density at radius 1 is 1.48 bits per heavy atom. The van der Waals surface area contributed by atoms with E-state index in [1.54, 1.807) is 12.1 Å². The molecule has 3 N–H and O–H groups in total. The lowest BCUT2D eigenvalue weighted by atomic mass is 9.87. The van der Waals surface area contributed by atoms with Crippen LogP contribution in [0, 0.1) is 17.1 Å². The van der Waals surface area contributed by atoms with Crippen LogP contribution in [0.5, 0.6) is 0 Å². The van der Waals surface area contributed by atoms with E-state index in [2.05, 4.69) is 11.4 Å². The Hall–Kier alpha value is -2.33. The minimum Gasteiger partial charge on any atom is -0.369 e. The van der Waals surface area contributed by atoms with Crippen molar-refractivity contribution in [2.45, 2.75) is 12.3 Å². The first kappa shape index (κ1) is 15.1. The van der Waals surface area contributed by atoms with Crippen molar-refractivity contribution in [3.05, 3.63) is 46.2 Å². The molecule has 1 aromatic carbocycles. The maximum atomic E-state index is 13.0. The SMILES string of the molecule is N#CC1=C(SCC(N)=O)NC(=O)C[C@@H]1c1ccc(F)cc1. The Kier molecular flexibility index (Phi) is 4.60. The van der Waals surface area contributed by atoms with Gasteiger partial charge in [-0.2, -0.15) is 5.26 Å². The van der Waals surface area contributed by atoms with Crippen molar-refractivity contribution < 1.29 is 14.0 Å². The molecule has 1 heterocycles. The normalized spacial score (nSPS) is 18.1. The quantitative estimate of drug-likeness (QED) is 0.878. The van der Waals surface area contributed by atoms with Crippen LogP contribution in [0.1, 0.15) is 17.9 Å². The van der Waals surface area contributed by atoms with Gasteiger partial charge < -0.3 is 11.1 Å². The second kappa shape index (κ2) is 6.41. The Balaban J connectivity index is 2.36. The molecule has 2 amide bonds. The molecule has 0 fully saturated rings. The van der Waals surface area contributed by atoms with Crippen LogP contribution in [0.15, 0.2) is 34.9 Å². The highest BCUT2D eigenvalue weighted by Gasteiger charge is 2.29. The first-order valence-corrected chi connectivity index (χ1v) is 7.10. The first-order chi connectivity index (χ1) is 10.0. The second-order valence-corrected chi connectivity index (χ2v) is 5.45. The Bertz CT molecular complexity index is 649. The molecule has 1 aromatic rings. The van der Waals surface area contributed by atoms with Crippen LogP contribution >= 0.6 is 11.8 Å². The van der Waals surface area contributed by atoms with Crippen LogP contribution < -0.4 is 11.1 Å². The lowest BCUT2D eigenvalue weighted by molar-refractivity contribution is -0.121. The molecule has 1 aliphatic heterocycles. The van der Waals surface area contributed by atoms with E-state index in [1.807, 2.05) is 0 Å². The molecule has 0 radical (unpaired) electrons. The molecule has 1 atom stereocenters. The van der Waals surface area contributed by atoms with Crippen molar-refractivity contribution >= 4 is 23.6 Å². The molecule has 0 saturated carbocycles. The summed E-state index contributed by atoms with van der Waals surface area (Å²) in [5, 5.41) is 12.3. The molecule has 0 spiro atoms. The van der Waals surface area contributed by atoms with E-state index < -0.39 is 11.8 Å². The smallest absolute Gasteiger partial charge is 0.227 e. The number of primary amides is 1. The van der Waals surface area contributed by atoms with Gasteiger partial charge in [-0.25, -0.2) is 4.39 Å². The van der Waals surface area contributed by atoms with Gasteiger partial charge in [0.05, 0.1) is 22.4 Å². The van der Waals surface area contributed by atoms with Crippen molar-refractivity contribution in [2.24, 2.45) is 5.73 Å². The zero-order valence-electron chi connectivity index (χ0n) is 10.9. The number of benzene rings is 1. The fourth-order valence-electron chi connectivity index (χ4n) is 2.06. The number of amides is 2. The first-order valence-electron chi connectivity index (χ1n) is 6.12. The van der Waals surface area contributed by atoms with Crippen LogP contribution in [0.4, 0.5) is 4.39 Å². The lowest BCUT2D eigenvalue weighted by Crippen LogP contribution is -2.31. The number of carbonyl (C=O) groups excluding carboxylic acids is 2. The van der Waals surface area contributed by atoms with Gasteiger partial charge in [-0.1, -0.05) is 23.9 Å². The van der Waals surface area contributed by atoms with Crippen LogP contribution in [-0.4, -0.2) is 17.6 Å². The van der Waals surface area contributed by atoms with Crippen LogP contribution in [0.25, 0.3) is 0 Å². The van der Waals surface area contributed by atoms with Gasteiger partial charge in [0, 0.05) is 12.3 Å². The van der Waals surface area contributed by atoms with Crippen molar-refractivity contribution in [2.75, 3.05) is 5.75 Å². The van der Waals surface area contributed by atoms with Crippen molar-refractivity contribution in [1.82, 2.24) is 5.32 Å². The lowest BCUT2D eigenvalue weighted by Gasteiger charge is -2.24. The summed E-state index contributed by atoms with van der Waals surface area (Å²) in [4.78, 5) is 22.6. The molecule has 108 valence electrons. The number of hydrogen-bond acceptors (Lipinski definition) is 4. The number of thioether (sulfide) groups is 1. The van der Waals surface area contributed by atoms with E-state index in [9.17, 15) is 19.2 Å².